The third kappa shape index (κ3) is 7.85. The summed E-state index contributed by atoms with van der Waals surface area (Å²) in [5, 5.41) is 0. The van der Waals surface area contributed by atoms with Gasteiger partial charge in [0.1, 0.15) is 0 Å². The molecule has 1 fully saturated rings. The van der Waals surface area contributed by atoms with Crippen LogP contribution >= 0.6 is 0 Å². The monoisotopic (exact) mass is 325 g/mol. The first kappa shape index (κ1) is 20.0. The summed E-state index contributed by atoms with van der Waals surface area (Å²) in [6.07, 6.45) is 11.4. The first-order valence-corrected chi connectivity index (χ1v) is 9.44. The molecule has 4 nitrogen and oxygen atoms in total. The predicted octanol–water partition coefficient (Wildman–Crippen LogP) is 4.17. The van der Waals surface area contributed by atoms with Gasteiger partial charge in [0.15, 0.2) is 0 Å². The number of carbonyl (C=O) groups excluding carboxylic acids is 2. The fourth-order valence-electron chi connectivity index (χ4n) is 3.42. The first-order valence-electron chi connectivity index (χ1n) is 9.44. The normalized spacial score (nSPS) is 16.8. The van der Waals surface area contributed by atoms with Crippen LogP contribution in [-0.2, 0) is 14.3 Å². The number of nitrogens with zero attached hydrogens (tertiary/aromatic N) is 1. The molecular formula is C19H35NO3. The second kappa shape index (κ2) is 11.5. The fraction of sp³-hybridized carbons (Fsp3) is 0.895. The van der Waals surface area contributed by atoms with Crippen LogP contribution in [0.3, 0.4) is 0 Å². The minimum absolute atomic E-state index is 0.226. The highest BCUT2D eigenvalue weighted by Crippen LogP contribution is 2.27. The molecule has 1 saturated carbocycles. The summed E-state index contributed by atoms with van der Waals surface area (Å²) in [6, 6.07) is 0. The summed E-state index contributed by atoms with van der Waals surface area (Å²) in [5.41, 5.74) is 0. The van der Waals surface area contributed by atoms with Crippen LogP contribution in [0.15, 0.2) is 0 Å². The van der Waals surface area contributed by atoms with Crippen molar-refractivity contribution in [3.8, 4) is 0 Å². The lowest BCUT2D eigenvalue weighted by atomic mass is 9.86. The standard InChI is InChI=1S/C19H35NO3/c1-4-5-6-10-13-20(15-16(2)19(22)23-3)18(21)14-17-11-8-7-9-12-17/h16-17H,4-15H2,1-3H3. The number of unbranched alkanes of at least 4 members (excludes halogenated alkanes) is 3. The Balaban J connectivity index is 2.52. The van der Waals surface area contributed by atoms with Crippen LogP contribution in [0.5, 0.6) is 0 Å². The van der Waals surface area contributed by atoms with E-state index >= 15 is 0 Å². The average molecular weight is 325 g/mol. The Labute approximate surface area is 141 Å². The number of esters is 1. The molecule has 0 aromatic carbocycles. The Bertz CT molecular complexity index is 351. The van der Waals surface area contributed by atoms with Crippen LogP contribution in [0, 0.1) is 11.8 Å². The maximum Gasteiger partial charge on any atom is 0.310 e. The molecule has 0 spiro atoms. The molecule has 1 aliphatic carbocycles. The molecule has 0 aliphatic heterocycles. The molecule has 1 amide bonds. The summed E-state index contributed by atoms with van der Waals surface area (Å²) >= 11 is 0. The van der Waals surface area contributed by atoms with Gasteiger partial charge in [0.05, 0.1) is 13.0 Å². The van der Waals surface area contributed by atoms with Crippen molar-refractivity contribution in [2.24, 2.45) is 11.8 Å². The summed E-state index contributed by atoms with van der Waals surface area (Å²) in [5.74, 6) is 0.294. The molecule has 0 saturated heterocycles. The lowest BCUT2D eigenvalue weighted by Crippen LogP contribution is -2.39. The van der Waals surface area contributed by atoms with Crippen molar-refractivity contribution in [1.82, 2.24) is 4.90 Å². The van der Waals surface area contributed by atoms with Crippen LogP contribution in [0.25, 0.3) is 0 Å². The number of carbonyl (C=O) groups is 2. The van der Waals surface area contributed by atoms with E-state index in [1.165, 1.54) is 52.1 Å². The van der Waals surface area contributed by atoms with E-state index in [4.69, 9.17) is 4.74 Å². The van der Waals surface area contributed by atoms with Crippen molar-refractivity contribution in [2.75, 3.05) is 20.2 Å². The third-order valence-electron chi connectivity index (χ3n) is 4.92. The maximum absolute atomic E-state index is 12.7. The lowest BCUT2D eigenvalue weighted by molar-refractivity contribution is -0.146. The Morgan fingerprint density at radius 1 is 1.13 bits per heavy atom. The Morgan fingerprint density at radius 2 is 1.83 bits per heavy atom. The summed E-state index contributed by atoms with van der Waals surface area (Å²) in [7, 11) is 1.41. The van der Waals surface area contributed by atoms with Crippen molar-refractivity contribution < 1.29 is 14.3 Å². The van der Waals surface area contributed by atoms with Gasteiger partial charge in [-0.25, -0.2) is 0 Å². The molecule has 23 heavy (non-hydrogen) atoms. The smallest absolute Gasteiger partial charge is 0.310 e. The van der Waals surface area contributed by atoms with Crippen molar-refractivity contribution in [2.45, 2.75) is 78.1 Å². The fourth-order valence-corrected chi connectivity index (χ4v) is 3.42. The molecule has 0 aromatic rings. The van der Waals surface area contributed by atoms with Crippen molar-refractivity contribution in [3.63, 3.8) is 0 Å². The molecule has 0 radical (unpaired) electrons. The molecule has 0 heterocycles. The van der Waals surface area contributed by atoms with E-state index in [-0.39, 0.29) is 17.8 Å². The second-order valence-corrected chi connectivity index (χ2v) is 7.03. The van der Waals surface area contributed by atoms with Gasteiger partial charge in [-0.3, -0.25) is 9.59 Å². The van der Waals surface area contributed by atoms with Gasteiger partial charge in [-0.15, -0.1) is 0 Å². The first-order chi connectivity index (χ1) is 11.1. The van der Waals surface area contributed by atoms with Gasteiger partial charge >= 0.3 is 5.97 Å². The quantitative estimate of drug-likeness (QED) is 0.447. The minimum Gasteiger partial charge on any atom is -0.469 e. The minimum atomic E-state index is -0.249. The Morgan fingerprint density at radius 3 is 2.43 bits per heavy atom. The zero-order valence-corrected chi connectivity index (χ0v) is 15.3. The van der Waals surface area contributed by atoms with Gasteiger partial charge in [-0.05, 0) is 25.2 Å². The maximum atomic E-state index is 12.7. The number of methoxy groups -OCH3 is 1. The number of hydrogen-bond donors (Lipinski definition) is 0. The summed E-state index contributed by atoms with van der Waals surface area (Å²) in [6.45, 7) is 5.29. The van der Waals surface area contributed by atoms with Crippen molar-refractivity contribution >= 4 is 11.9 Å². The molecular weight excluding hydrogens is 290 g/mol. The topological polar surface area (TPSA) is 46.6 Å². The number of rotatable bonds is 10. The van der Waals surface area contributed by atoms with Crippen LogP contribution in [0.2, 0.25) is 0 Å². The molecule has 134 valence electrons. The third-order valence-corrected chi connectivity index (χ3v) is 4.92. The zero-order valence-electron chi connectivity index (χ0n) is 15.3. The highest BCUT2D eigenvalue weighted by atomic mass is 16.5. The van der Waals surface area contributed by atoms with E-state index in [9.17, 15) is 9.59 Å². The van der Waals surface area contributed by atoms with E-state index < -0.39 is 0 Å². The summed E-state index contributed by atoms with van der Waals surface area (Å²) in [4.78, 5) is 26.3. The molecule has 4 heteroatoms. The van der Waals surface area contributed by atoms with Gasteiger partial charge in [0, 0.05) is 19.5 Å². The van der Waals surface area contributed by atoms with E-state index in [1.54, 1.807) is 0 Å². The lowest BCUT2D eigenvalue weighted by Gasteiger charge is -2.28. The van der Waals surface area contributed by atoms with Crippen molar-refractivity contribution in [3.05, 3.63) is 0 Å². The number of amides is 1. The van der Waals surface area contributed by atoms with Gasteiger partial charge in [-0.2, -0.15) is 0 Å². The van der Waals surface area contributed by atoms with E-state index in [2.05, 4.69) is 6.92 Å². The molecule has 1 atom stereocenters. The number of ether oxygens (including phenoxy) is 1. The van der Waals surface area contributed by atoms with Crippen LogP contribution in [-0.4, -0.2) is 37.0 Å². The molecule has 1 aliphatic rings. The zero-order chi connectivity index (χ0) is 17.1. The number of hydrogen-bond acceptors (Lipinski definition) is 3. The highest BCUT2D eigenvalue weighted by molar-refractivity contribution is 5.78. The van der Waals surface area contributed by atoms with E-state index in [0.29, 0.717) is 18.9 Å². The van der Waals surface area contributed by atoms with E-state index in [0.717, 1.165) is 19.4 Å². The largest absolute Gasteiger partial charge is 0.469 e. The predicted molar refractivity (Wildman–Crippen MR) is 93.1 cm³/mol. The van der Waals surface area contributed by atoms with Crippen LogP contribution < -0.4 is 0 Å². The van der Waals surface area contributed by atoms with Crippen LogP contribution in [0.1, 0.15) is 78.1 Å². The molecule has 1 unspecified atom stereocenters. The van der Waals surface area contributed by atoms with Gasteiger partial charge in [0.25, 0.3) is 0 Å². The highest BCUT2D eigenvalue weighted by Gasteiger charge is 2.24. The average Bonchev–Trinajstić information content (AvgIpc) is 2.57. The second-order valence-electron chi connectivity index (χ2n) is 7.03. The SMILES string of the molecule is CCCCCCN(CC(C)C(=O)OC)C(=O)CC1CCCCC1. The molecule has 0 bridgehead atoms. The van der Waals surface area contributed by atoms with Gasteiger partial charge < -0.3 is 9.64 Å². The van der Waals surface area contributed by atoms with E-state index in [1.807, 2.05) is 11.8 Å². The molecule has 0 N–H and O–H groups in total. The van der Waals surface area contributed by atoms with Crippen molar-refractivity contribution in [1.29, 1.82) is 0 Å². The van der Waals surface area contributed by atoms with Crippen LogP contribution in [0.4, 0.5) is 0 Å². The summed E-state index contributed by atoms with van der Waals surface area (Å²) < 4.78 is 4.81. The van der Waals surface area contributed by atoms with Gasteiger partial charge in [0.2, 0.25) is 5.91 Å². The molecule has 0 aromatic heterocycles. The molecule has 1 rings (SSSR count). The Hall–Kier alpha value is -1.06. The van der Waals surface area contributed by atoms with Gasteiger partial charge in [-0.1, -0.05) is 52.4 Å². The Kier molecular flexibility index (Phi) is 9.97.